The van der Waals surface area contributed by atoms with Crippen molar-refractivity contribution in [1.82, 2.24) is 5.32 Å². The molecule has 1 aromatic rings. The number of hydrogen-bond acceptors (Lipinski definition) is 4. The zero-order valence-corrected chi connectivity index (χ0v) is 12.1. The predicted octanol–water partition coefficient (Wildman–Crippen LogP) is 1.18. The lowest BCUT2D eigenvalue weighted by molar-refractivity contribution is -0.119. The molecule has 0 bridgehead atoms. The molecule has 1 saturated heterocycles. The van der Waals surface area contributed by atoms with Crippen molar-refractivity contribution in [2.45, 2.75) is 18.9 Å². The lowest BCUT2D eigenvalue weighted by Gasteiger charge is -2.13. The van der Waals surface area contributed by atoms with Crippen LogP contribution in [0.5, 0.6) is 0 Å². The highest BCUT2D eigenvalue weighted by Gasteiger charge is 2.18. The van der Waals surface area contributed by atoms with E-state index in [-0.39, 0.29) is 24.5 Å². The van der Waals surface area contributed by atoms with Crippen LogP contribution in [0.3, 0.4) is 0 Å². The standard InChI is InChI=1S/C15H20N2O4/c1-20-10-14(18)17-13-7-3-2-6-12(13)15(19)16-9-11-5-4-8-21-11/h2-3,6-7,11H,4-5,8-10H2,1H3,(H,16,19)(H,17,18)/t11-/m0/s1. The molecule has 1 aromatic carbocycles. The summed E-state index contributed by atoms with van der Waals surface area (Å²) >= 11 is 0. The third kappa shape index (κ3) is 4.54. The Morgan fingerprint density at radius 1 is 1.38 bits per heavy atom. The van der Waals surface area contributed by atoms with Gasteiger partial charge in [0.05, 0.1) is 17.4 Å². The molecule has 114 valence electrons. The fraction of sp³-hybridized carbons (Fsp3) is 0.467. The first-order chi connectivity index (χ1) is 10.2. The van der Waals surface area contributed by atoms with Crippen molar-refractivity contribution >= 4 is 17.5 Å². The molecular formula is C15H20N2O4. The Hall–Kier alpha value is -1.92. The van der Waals surface area contributed by atoms with Crippen LogP contribution in [0, 0.1) is 0 Å². The Bertz CT molecular complexity index is 498. The van der Waals surface area contributed by atoms with Crippen molar-refractivity contribution in [1.29, 1.82) is 0 Å². The molecule has 0 unspecified atom stereocenters. The number of benzene rings is 1. The summed E-state index contributed by atoms with van der Waals surface area (Å²) in [5, 5.41) is 5.50. The molecule has 1 aliphatic heterocycles. The molecule has 1 fully saturated rings. The molecule has 0 saturated carbocycles. The number of carbonyl (C=O) groups is 2. The lowest BCUT2D eigenvalue weighted by Crippen LogP contribution is -2.32. The van der Waals surface area contributed by atoms with E-state index in [2.05, 4.69) is 10.6 Å². The van der Waals surface area contributed by atoms with Gasteiger partial charge in [-0.25, -0.2) is 0 Å². The predicted molar refractivity (Wildman–Crippen MR) is 78.3 cm³/mol. The number of amides is 2. The number of ether oxygens (including phenoxy) is 2. The van der Waals surface area contributed by atoms with Gasteiger partial charge in [0.2, 0.25) is 5.91 Å². The van der Waals surface area contributed by atoms with Gasteiger partial charge in [-0.1, -0.05) is 12.1 Å². The quantitative estimate of drug-likeness (QED) is 0.825. The van der Waals surface area contributed by atoms with Crippen molar-refractivity contribution in [2.75, 3.05) is 32.2 Å². The minimum Gasteiger partial charge on any atom is -0.376 e. The zero-order valence-electron chi connectivity index (χ0n) is 12.1. The molecule has 2 N–H and O–H groups in total. The van der Waals surface area contributed by atoms with Gasteiger partial charge in [0, 0.05) is 20.3 Å². The van der Waals surface area contributed by atoms with Crippen LogP contribution in [0.15, 0.2) is 24.3 Å². The summed E-state index contributed by atoms with van der Waals surface area (Å²) in [7, 11) is 1.44. The van der Waals surface area contributed by atoms with Gasteiger partial charge in [0.25, 0.3) is 5.91 Å². The average Bonchev–Trinajstić information content (AvgIpc) is 2.99. The van der Waals surface area contributed by atoms with E-state index in [0.717, 1.165) is 19.4 Å². The Morgan fingerprint density at radius 2 is 2.19 bits per heavy atom. The van der Waals surface area contributed by atoms with Crippen LogP contribution in [-0.4, -0.2) is 44.8 Å². The number of hydrogen-bond donors (Lipinski definition) is 2. The molecule has 1 aliphatic rings. The number of nitrogens with one attached hydrogen (secondary N) is 2. The maximum absolute atomic E-state index is 12.2. The summed E-state index contributed by atoms with van der Waals surface area (Å²) in [6.07, 6.45) is 2.08. The molecule has 0 aromatic heterocycles. The Balaban J connectivity index is 1.97. The number of rotatable bonds is 6. The highest BCUT2D eigenvalue weighted by molar-refractivity contribution is 6.03. The van der Waals surface area contributed by atoms with Crippen LogP contribution in [0.25, 0.3) is 0 Å². The molecule has 0 aliphatic carbocycles. The minimum atomic E-state index is -0.295. The zero-order chi connectivity index (χ0) is 15.1. The summed E-state index contributed by atoms with van der Waals surface area (Å²) in [4.78, 5) is 23.8. The molecule has 1 heterocycles. The third-order valence-electron chi connectivity index (χ3n) is 3.24. The van der Waals surface area contributed by atoms with E-state index in [1.807, 2.05) is 0 Å². The number of methoxy groups -OCH3 is 1. The van der Waals surface area contributed by atoms with E-state index in [1.165, 1.54) is 7.11 Å². The van der Waals surface area contributed by atoms with Gasteiger partial charge in [-0.2, -0.15) is 0 Å². The summed E-state index contributed by atoms with van der Waals surface area (Å²) in [6.45, 7) is 1.19. The second kappa shape index (κ2) is 7.75. The topological polar surface area (TPSA) is 76.7 Å². The molecule has 0 spiro atoms. The summed E-state index contributed by atoms with van der Waals surface area (Å²) in [5.41, 5.74) is 0.907. The minimum absolute atomic E-state index is 0.0497. The second-order valence-corrected chi connectivity index (χ2v) is 4.87. The van der Waals surface area contributed by atoms with Gasteiger partial charge in [-0.3, -0.25) is 9.59 Å². The van der Waals surface area contributed by atoms with Crippen molar-refractivity contribution in [3.8, 4) is 0 Å². The highest BCUT2D eigenvalue weighted by Crippen LogP contribution is 2.16. The highest BCUT2D eigenvalue weighted by atomic mass is 16.5. The van der Waals surface area contributed by atoms with Gasteiger partial charge in [-0.15, -0.1) is 0 Å². The third-order valence-corrected chi connectivity index (χ3v) is 3.24. The van der Waals surface area contributed by atoms with E-state index in [4.69, 9.17) is 9.47 Å². The monoisotopic (exact) mass is 292 g/mol. The SMILES string of the molecule is COCC(=O)Nc1ccccc1C(=O)NC[C@@H]1CCCO1. The molecule has 6 heteroatoms. The average molecular weight is 292 g/mol. The molecule has 2 rings (SSSR count). The van der Waals surface area contributed by atoms with E-state index >= 15 is 0 Å². The second-order valence-electron chi connectivity index (χ2n) is 4.87. The van der Waals surface area contributed by atoms with Gasteiger partial charge >= 0.3 is 0 Å². The van der Waals surface area contributed by atoms with Crippen LogP contribution in [0.1, 0.15) is 23.2 Å². The van der Waals surface area contributed by atoms with Crippen molar-refractivity contribution in [3.05, 3.63) is 29.8 Å². The summed E-state index contributed by atoms with van der Waals surface area (Å²) in [5.74, 6) is -0.518. The largest absolute Gasteiger partial charge is 0.376 e. The maximum atomic E-state index is 12.2. The number of carbonyl (C=O) groups excluding carboxylic acids is 2. The van der Waals surface area contributed by atoms with Crippen LogP contribution in [0.4, 0.5) is 5.69 Å². The van der Waals surface area contributed by atoms with Gasteiger partial charge < -0.3 is 20.1 Å². The fourth-order valence-electron chi connectivity index (χ4n) is 2.21. The van der Waals surface area contributed by atoms with E-state index < -0.39 is 0 Å². The van der Waals surface area contributed by atoms with E-state index in [9.17, 15) is 9.59 Å². The fourth-order valence-corrected chi connectivity index (χ4v) is 2.21. The van der Waals surface area contributed by atoms with Crippen molar-refractivity contribution in [3.63, 3.8) is 0 Å². The van der Waals surface area contributed by atoms with Crippen molar-refractivity contribution in [2.24, 2.45) is 0 Å². The van der Waals surface area contributed by atoms with Gasteiger partial charge in [0.1, 0.15) is 6.61 Å². The molecule has 21 heavy (non-hydrogen) atoms. The Morgan fingerprint density at radius 3 is 2.90 bits per heavy atom. The van der Waals surface area contributed by atoms with Gasteiger partial charge in [0.15, 0.2) is 0 Å². The van der Waals surface area contributed by atoms with E-state index in [0.29, 0.717) is 17.8 Å². The maximum Gasteiger partial charge on any atom is 0.253 e. The lowest BCUT2D eigenvalue weighted by atomic mass is 10.1. The molecule has 1 atom stereocenters. The molecule has 0 radical (unpaired) electrons. The molecule has 2 amide bonds. The normalized spacial score (nSPS) is 17.5. The van der Waals surface area contributed by atoms with Crippen LogP contribution >= 0.6 is 0 Å². The first kappa shape index (κ1) is 15.5. The first-order valence-corrected chi connectivity index (χ1v) is 6.98. The first-order valence-electron chi connectivity index (χ1n) is 6.98. The summed E-state index contributed by atoms with van der Waals surface area (Å²) < 4.78 is 10.2. The number of anilines is 1. The summed E-state index contributed by atoms with van der Waals surface area (Å²) in [6, 6.07) is 6.88. The smallest absolute Gasteiger partial charge is 0.253 e. The van der Waals surface area contributed by atoms with Crippen molar-refractivity contribution < 1.29 is 19.1 Å². The Labute approximate surface area is 123 Å². The Kier molecular flexibility index (Phi) is 5.71. The number of para-hydroxylation sites is 1. The van der Waals surface area contributed by atoms with Crippen LogP contribution in [-0.2, 0) is 14.3 Å². The molecule has 6 nitrogen and oxygen atoms in total. The van der Waals surface area contributed by atoms with Crippen LogP contribution in [0.2, 0.25) is 0 Å². The van der Waals surface area contributed by atoms with Crippen LogP contribution < -0.4 is 10.6 Å². The van der Waals surface area contributed by atoms with Gasteiger partial charge in [-0.05, 0) is 25.0 Å². The van der Waals surface area contributed by atoms with E-state index in [1.54, 1.807) is 24.3 Å². The molecular weight excluding hydrogens is 272 g/mol.